The third-order valence-corrected chi connectivity index (χ3v) is 3.13. The fourth-order valence-electron chi connectivity index (χ4n) is 2.06. The lowest BCUT2D eigenvalue weighted by atomic mass is 10.1. The third kappa shape index (κ3) is 4.26. The monoisotopic (exact) mass is 273 g/mol. The predicted molar refractivity (Wildman–Crippen MR) is 80.2 cm³/mol. The van der Waals surface area contributed by atoms with Crippen molar-refractivity contribution < 1.29 is 9.13 Å². The van der Waals surface area contributed by atoms with E-state index in [9.17, 15) is 4.39 Å². The van der Waals surface area contributed by atoms with Crippen molar-refractivity contribution in [1.29, 1.82) is 0 Å². The molecule has 0 atom stereocenters. The van der Waals surface area contributed by atoms with Crippen LogP contribution >= 0.6 is 0 Å². The molecule has 0 radical (unpaired) electrons. The number of anilines is 1. The number of rotatable bonds is 6. The number of aryl methyl sites for hydroxylation is 1. The molecule has 0 aliphatic carbocycles. The molecule has 0 saturated heterocycles. The van der Waals surface area contributed by atoms with Gasteiger partial charge in [-0.15, -0.1) is 0 Å². The Morgan fingerprint density at radius 2 is 1.80 bits per heavy atom. The zero-order valence-electron chi connectivity index (χ0n) is 11.7. The largest absolute Gasteiger partial charge is 0.489 e. The van der Waals surface area contributed by atoms with Crippen molar-refractivity contribution in [3.63, 3.8) is 0 Å². The van der Waals surface area contributed by atoms with Gasteiger partial charge >= 0.3 is 0 Å². The van der Waals surface area contributed by atoms with Crippen LogP contribution in [0.15, 0.2) is 42.5 Å². The molecule has 0 aromatic heterocycles. The van der Waals surface area contributed by atoms with E-state index in [0.717, 1.165) is 17.7 Å². The lowest BCUT2D eigenvalue weighted by Crippen LogP contribution is -1.98. The summed E-state index contributed by atoms with van der Waals surface area (Å²) in [5.41, 5.74) is 8.06. The summed E-state index contributed by atoms with van der Waals surface area (Å²) in [5.74, 6) is 0.451. The second-order valence-corrected chi connectivity index (χ2v) is 4.93. The highest BCUT2D eigenvalue weighted by Crippen LogP contribution is 2.17. The van der Waals surface area contributed by atoms with Crippen molar-refractivity contribution in [3.05, 3.63) is 59.4 Å². The zero-order valence-corrected chi connectivity index (χ0v) is 11.7. The van der Waals surface area contributed by atoms with E-state index in [2.05, 4.69) is 19.1 Å². The number of nitrogen functional groups attached to an aromatic ring is 1. The second kappa shape index (κ2) is 6.94. The molecule has 0 saturated carbocycles. The first-order valence-electron chi connectivity index (χ1n) is 6.94. The summed E-state index contributed by atoms with van der Waals surface area (Å²) in [4.78, 5) is 0. The lowest BCUT2D eigenvalue weighted by Gasteiger charge is -2.08. The minimum atomic E-state index is -0.335. The molecule has 0 amide bonds. The quantitative estimate of drug-likeness (QED) is 0.795. The molecule has 2 rings (SSSR count). The molecule has 2 nitrogen and oxygen atoms in total. The standard InChI is InChI=1S/C17H20FNO/c1-2-3-4-13-5-7-17(8-6-13)20-12-14-9-15(18)11-16(19)10-14/h5-11H,2-4,12,19H2,1H3. The van der Waals surface area contributed by atoms with Crippen LogP contribution in [-0.2, 0) is 13.0 Å². The van der Waals surface area contributed by atoms with Crippen LogP contribution in [0, 0.1) is 5.82 Å². The van der Waals surface area contributed by atoms with Gasteiger partial charge in [-0.1, -0.05) is 25.5 Å². The maximum absolute atomic E-state index is 13.2. The molecule has 2 N–H and O–H groups in total. The number of nitrogens with two attached hydrogens (primary N) is 1. The van der Waals surface area contributed by atoms with Gasteiger partial charge in [0.05, 0.1) is 0 Å². The van der Waals surface area contributed by atoms with Gasteiger partial charge in [-0.2, -0.15) is 0 Å². The first kappa shape index (κ1) is 14.4. The summed E-state index contributed by atoms with van der Waals surface area (Å²) in [7, 11) is 0. The third-order valence-electron chi connectivity index (χ3n) is 3.13. The highest BCUT2D eigenvalue weighted by molar-refractivity contribution is 5.41. The minimum Gasteiger partial charge on any atom is -0.489 e. The summed E-state index contributed by atoms with van der Waals surface area (Å²) in [6, 6.07) is 12.5. The molecule has 0 spiro atoms. The minimum absolute atomic E-state index is 0.316. The smallest absolute Gasteiger partial charge is 0.125 e. The van der Waals surface area contributed by atoms with Crippen molar-refractivity contribution in [2.45, 2.75) is 32.8 Å². The van der Waals surface area contributed by atoms with Crippen LogP contribution in [0.1, 0.15) is 30.9 Å². The maximum atomic E-state index is 13.2. The van der Waals surface area contributed by atoms with Crippen molar-refractivity contribution in [1.82, 2.24) is 0 Å². The van der Waals surface area contributed by atoms with Crippen molar-refractivity contribution in [3.8, 4) is 5.75 Å². The molecule has 106 valence electrons. The van der Waals surface area contributed by atoms with Crippen LogP contribution in [0.25, 0.3) is 0 Å². The molecule has 2 aromatic carbocycles. The van der Waals surface area contributed by atoms with E-state index in [1.807, 2.05) is 12.1 Å². The van der Waals surface area contributed by atoms with Gasteiger partial charge in [-0.25, -0.2) is 4.39 Å². The van der Waals surface area contributed by atoms with Crippen LogP contribution in [0.4, 0.5) is 10.1 Å². The first-order valence-corrected chi connectivity index (χ1v) is 6.94. The molecular weight excluding hydrogens is 253 g/mol. The molecule has 0 bridgehead atoms. The number of unbranched alkanes of at least 4 members (excludes halogenated alkanes) is 1. The van der Waals surface area contributed by atoms with Gasteiger partial charge in [0.15, 0.2) is 0 Å². The van der Waals surface area contributed by atoms with E-state index in [1.54, 1.807) is 6.07 Å². The van der Waals surface area contributed by atoms with Crippen molar-refractivity contribution in [2.24, 2.45) is 0 Å². The van der Waals surface area contributed by atoms with Crippen LogP contribution in [0.2, 0.25) is 0 Å². The molecule has 20 heavy (non-hydrogen) atoms. The van der Waals surface area contributed by atoms with E-state index in [-0.39, 0.29) is 5.82 Å². The maximum Gasteiger partial charge on any atom is 0.125 e. The summed E-state index contributed by atoms with van der Waals surface area (Å²) in [6.45, 7) is 2.50. The molecule has 0 aliphatic rings. The fourth-order valence-corrected chi connectivity index (χ4v) is 2.06. The SMILES string of the molecule is CCCCc1ccc(OCc2cc(N)cc(F)c2)cc1. The Bertz CT molecular complexity index is 531. The van der Waals surface area contributed by atoms with E-state index in [4.69, 9.17) is 10.5 Å². The van der Waals surface area contributed by atoms with E-state index < -0.39 is 0 Å². The topological polar surface area (TPSA) is 35.2 Å². The number of ether oxygens (including phenoxy) is 1. The normalized spacial score (nSPS) is 10.5. The Balaban J connectivity index is 1.93. The summed E-state index contributed by atoms with van der Waals surface area (Å²) < 4.78 is 18.8. The van der Waals surface area contributed by atoms with Gasteiger partial charge in [0.1, 0.15) is 18.2 Å². The van der Waals surface area contributed by atoms with Gasteiger partial charge in [-0.3, -0.25) is 0 Å². The van der Waals surface area contributed by atoms with Crippen molar-refractivity contribution in [2.75, 3.05) is 5.73 Å². The van der Waals surface area contributed by atoms with Crippen LogP contribution < -0.4 is 10.5 Å². The van der Waals surface area contributed by atoms with E-state index in [0.29, 0.717) is 12.3 Å². The van der Waals surface area contributed by atoms with Crippen molar-refractivity contribution >= 4 is 5.69 Å². The molecule has 0 aliphatic heterocycles. The van der Waals surface area contributed by atoms with E-state index >= 15 is 0 Å². The number of hydrogen-bond donors (Lipinski definition) is 1. The van der Waals surface area contributed by atoms with E-state index in [1.165, 1.54) is 30.5 Å². The average Bonchev–Trinajstić information content (AvgIpc) is 2.43. The van der Waals surface area contributed by atoms with Crippen LogP contribution in [-0.4, -0.2) is 0 Å². The predicted octanol–water partition coefficient (Wildman–Crippen LogP) is 4.33. The zero-order chi connectivity index (χ0) is 14.4. The lowest BCUT2D eigenvalue weighted by molar-refractivity contribution is 0.305. The molecular formula is C17H20FNO. The number of hydrogen-bond acceptors (Lipinski definition) is 2. The van der Waals surface area contributed by atoms with Gasteiger partial charge < -0.3 is 10.5 Å². The molecule has 0 heterocycles. The van der Waals surface area contributed by atoms with Gasteiger partial charge in [0, 0.05) is 5.69 Å². The summed E-state index contributed by atoms with van der Waals surface area (Å²) in [6.07, 6.45) is 3.49. The summed E-state index contributed by atoms with van der Waals surface area (Å²) in [5, 5.41) is 0. The molecule has 2 aromatic rings. The highest BCUT2D eigenvalue weighted by atomic mass is 19.1. The average molecular weight is 273 g/mol. The molecule has 3 heteroatoms. The summed E-state index contributed by atoms with van der Waals surface area (Å²) >= 11 is 0. The Hall–Kier alpha value is -2.03. The number of halogens is 1. The molecule has 0 unspecified atom stereocenters. The highest BCUT2D eigenvalue weighted by Gasteiger charge is 2.01. The van der Waals surface area contributed by atoms with Gasteiger partial charge in [0.2, 0.25) is 0 Å². The van der Waals surface area contributed by atoms with Crippen LogP contribution in [0.5, 0.6) is 5.75 Å². The molecule has 0 fully saturated rings. The Morgan fingerprint density at radius 1 is 1.05 bits per heavy atom. The Kier molecular flexibility index (Phi) is 4.99. The van der Waals surface area contributed by atoms with Gasteiger partial charge in [0.25, 0.3) is 0 Å². The van der Waals surface area contributed by atoms with Gasteiger partial charge in [-0.05, 0) is 54.3 Å². The first-order chi connectivity index (χ1) is 9.67. The Labute approximate surface area is 119 Å². The van der Waals surface area contributed by atoms with Crippen LogP contribution in [0.3, 0.4) is 0 Å². The fraction of sp³-hybridized carbons (Fsp3) is 0.294. The second-order valence-electron chi connectivity index (χ2n) is 4.93. The Morgan fingerprint density at radius 3 is 2.45 bits per heavy atom. The number of benzene rings is 2.